The number of hydrogen-bond acceptors (Lipinski definition) is 4. The molecule has 0 fully saturated rings. The molecule has 1 aromatic rings. The Labute approximate surface area is 394 Å². The average molecular weight is 1190 g/mol. The third-order valence-electron chi connectivity index (χ3n) is 9.98. The van der Waals surface area contributed by atoms with Crippen molar-refractivity contribution in [3.8, 4) is 5.75 Å². The van der Waals surface area contributed by atoms with Gasteiger partial charge in [0.1, 0.15) is 5.75 Å². The molecule has 2 nitrogen and oxygen atoms in total. The molecule has 38 heteroatoms. The molecule has 0 radical (unpaired) electrons. The molecule has 0 spiro atoms. The summed E-state index contributed by atoms with van der Waals surface area (Å²) < 4.78 is 471. The van der Waals surface area contributed by atoms with Crippen LogP contribution in [0, 0.1) is 6.92 Å². The van der Waals surface area contributed by atoms with Gasteiger partial charge in [-0.25, -0.2) is 0 Å². The van der Waals surface area contributed by atoms with Crippen LogP contribution in [0.2, 0.25) is 0 Å². The second-order valence-corrected chi connectivity index (χ2v) is 17.6. The van der Waals surface area contributed by atoms with Crippen LogP contribution in [0.15, 0.2) is 12.1 Å². The molecule has 0 saturated heterocycles. The largest absolute Gasteiger partial charge is 0.490 e. The minimum atomic E-state index is -8.88. The van der Waals surface area contributed by atoms with Crippen LogP contribution in [0.1, 0.15) is 55.7 Å². The molecule has 0 amide bonds. The van der Waals surface area contributed by atoms with E-state index in [2.05, 4.69) is 0 Å². The van der Waals surface area contributed by atoms with Crippen molar-refractivity contribution in [2.24, 2.45) is 5.73 Å². The van der Waals surface area contributed by atoms with Crippen molar-refractivity contribution < 1.29 is 154 Å². The first-order chi connectivity index (χ1) is 31.9. The Morgan fingerprint density at radius 1 is 0.411 bits per heavy atom. The second kappa shape index (κ2) is 21.3. The van der Waals surface area contributed by atoms with Crippen LogP contribution in [0.3, 0.4) is 0 Å². The number of halogens is 34. The molecule has 0 saturated carbocycles. The fourth-order valence-electron chi connectivity index (χ4n) is 5.70. The van der Waals surface area contributed by atoms with Crippen molar-refractivity contribution >= 4 is 23.5 Å². The van der Waals surface area contributed by atoms with E-state index in [0.29, 0.717) is 0 Å². The number of benzene rings is 1. The van der Waals surface area contributed by atoms with Gasteiger partial charge < -0.3 is 10.5 Å². The number of nitrogens with two attached hydrogens (primary N) is 1. The molecule has 0 bridgehead atoms. The van der Waals surface area contributed by atoms with E-state index in [1.54, 1.807) is 0 Å². The van der Waals surface area contributed by atoms with Gasteiger partial charge in [0.2, 0.25) is 0 Å². The maximum absolute atomic E-state index is 14.6. The standard InChI is InChI=1S/C35H31F34NOS2/c1-3-4-18(5-8-70)71-19-16(13-72-9-6-20(36,37)22(40,41)24(44,45)26(48,49)28(52,53)30(56,57)32(60,61)34(64,65)66)11-15(2)12-17(19)14-73-10-7-21(38,39)23(42,43)25(46,47)27(50,51)29(54,55)31(58,59)33(62,63)35(67,68)69/h11-12,18H,3-10,13-14,70H2,1-2H3. The van der Waals surface area contributed by atoms with Crippen molar-refractivity contribution in [3.63, 3.8) is 0 Å². The van der Waals surface area contributed by atoms with Crippen LogP contribution in [-0.2, 0) is 11.5 Å². The van der Waals surface area contributed by atoms with E-state index in [-0.39, 0.29) is 54.9 Å². The Balaban J connectivity index is 3.57. The third-order valence-corrected chi connectivity index (χ3v) is 12.0. The highest BCUT2D eigenvalue weighted by molar-refractivity contribution is 7.98. The molecule has 0 aliphatic heterocycles. The van der Waals surface area contributed by atoms with Crippen molar-refractivity contribution in [3.05, 3.63) is 28.8 Å². The van der Waals surface area contributed by atoms with Crippen LogP contribution in [0.5, 0.6) is 5.75 Å². The summed E-state index contributed by atoms with van der Waals surface area (Å²) >= 11 is -0.298. The zero-order valence-electron chi connectivity index (χ0n) is 35.5. The van der Waals surface area contributed by atoms with Gasteiger partial charge in [-0.05, 0) is 37.8 Å². The van der Waals surface area contributed by atoms with Gasteiger partial charge in [-0.3, -0.25) is 0 Å². The molecule has 0 aliphatic rings. The van der Waals surface area contributed by atoms with Gasteiger partial charge in [0.25, 0.3) is 0 Å². The summed E-state index contributed by atoms with van der Waals surface area (Å²) in [4.78, 5) is 0. The molecule has 1 unspecified atom stereocenters. The van der Waals surface area contributed by atoms with Gasteiger partial charge in [-0.1, -0.05) is 31.0 Å². The SMILES string of the molecule is CCCC(CCN)Oc1c(CSCCC(F)(F)C(F)(F)C(F)(F)C(F)(F)C(F)(F)C(F)(F)C(F)(F)C(F)(F)F)cc(C)cc1CSCCC(F)(F)C(F)(F)C(F)(F)C(F)(F)C(F)(F)C(F)(F)C(F)(F)C(F)(F)F. The summed E-state index contributed by atoms with van der Waals surface area (Å²) in [6, 6.07) is 1.95. The number of rotatable bonds is 28. The summed E-state index contributed by atoms with van der Waals surface area (Å²) in [5, 5.41) is 0. The highest BCUT2D eigenvalue weighted by atomic mass is 32.2. The van der Waals surface area contributed by atoms with E-state index in [9.17, 15) is 149 Å². The normalized spacial score (nSPS) is 16.1. The average Bonchev–Trinajstić information content (AvgIpc) is 3.20. The topological polar surface area (TPSA) is 35.2 Å². The fraction of sp³-hybridized carbons (Fsp3) is 0.829. The molecule has 432 valence electrons. The molecule has 1 rings (SSSR count). The lowest BCUT2D eigenvalue weighted by molar-refractivity contribution is -0.461. The summed E-state index contributed by atoms with van der Waals surface area (Å²) in [6.07, 6.45) is -22.7. The maximum Gasteiger partial charge on any atom is 0.460 e. The van der Waals surface area contributed by atoms with Gasteiger partial charge in [-0.2, -0.15) is 173 Å². The van der Waals surface area contributed by atoms with E-state index >= 15 is 0 Å². The van der Waals surface area contributed by atoms with E-state index < -0.39 is 154 Å². The van der Waals surface area contributed by atoms with Gasteiger partial charge in [0.15, 0.2) is 0 Å². The summed E-state index contributed by atoms with van der Waals surface area (Å²) in [5.74, 6) is -123. The predicted molar refractivity (Wildman–Crippen MR) is 187 cm³/mol. The number of thioether (sulfide) groups is 2. The molecule has 0 aliphatic carbocycles. The van der Waals surface area contributed by atoms with Gasteiger partial charge >= 0.3 is 95.3 Å². The second-order valence-electron chi connectivity index (χ2n) is 15.4. The van der Waals surface area contributed by atoms with E-state index in [1.165, 1.54) is 6.92 Å². The molecular formula is C35H31F34NOS2. The monoisotopic (exact) mass is 1190 g/mol. The molecule has 1 aromatic carbocycles. The summed E-state index contributed by atoms with van der Waals surface area (Å²) in [7, 11) is 0. The van der Waals surface area contributed by atoms with Crippen molar-refractivity contribution in [1.29, 1.82) is 0 Å². The summed E-state index contributed by atoms with van der Waals surface area (Å²) in [5.41, 5.74) is 4.60. The van der Waals surface area contributed by atoms with Crippen LogP contribution >= 0.6 is 23.5 Å². The molecule has 73 heavy (non-hydrogen) atoms. The zero-order chi connectivity index (χ0) is 58.5. The molecular weight excluding hydrogens is 1160 g/mol. The lowest BCUT2D eigenvalue weighted by Crippen LogP contribution is -2.74. The lowest BCUT2D eigenvalue weighted by Gasteiger charge is -2.42. The molecule has 0 aromatic heterocycles. The zero-order valence-corrected chi connectivity index (χ0v) is 37.1. The highest BCUT2D eigenvalue weighted by Gasteiger charge is 2.97. The fourth-order valence-corrected chi connectivity index (χ4v) is 7.66. The van der Waals surface area contributed by atoms with Crippen LogP contribution in [0.4, 0.5) is 149 Å². The molecule has 2 N–H and O–H groups in total. The molecule has 0 heterocycles. The quantitative estimate of drug-likeness (QED) is 0.0670. The lowest BCUT2D eigenvalue weighted by atomic mass is 9.88. The van der Waals surface area contributed by atoms with Crippen molar-refractivity contribution in [1.82, 2.24) is 0 Å². The number of hydrogen-bond donors (Lipinski definition) is 1. The van der Waals surface area contributed by atoms with Gasteiger partial charge in [0.05, 0.1) is 6.10 Å². The Hall–Kier alpha value is -2.70. The Morgan fingerprint density at radius 3 is 0.918 bits per heavy atom. The van der Waals surface area contributed by atoms with Crippen molar-refractivity contribution in [2.75, 3.05) is 18.1 Å². The Morgan fingerprint density at radius 2 is 0.671 bits per heavy atom. The number of aryl methyl sites for hydroxylation is 1. The first-order valence-corrected chi connectivity index (χ1v) is 21.3. The Kier molecular flexibility index (Phi) is 19.9. The number of ether oxygens (including phenoxy) is 1. The minimum Gasteiger partial charge on any atom is -0.490 e. The third kappa shape index (κ3) is 11.5. The predicted octanol–water partition coefficient (Wildman–Crippen LogP) is 16.2. The van der Waals surface area contributed by atoms with Gasteiger partial charge in [-0.15, -0.1) is 0 Å². The highest BCUT2D eigenvalue weighted by Crippen LogP contribution is 2.66. The first-order valence-electron chi connectivity index (χ1n) is 19.0. The van der Waals surface area contributed by atoms with Crippen molar-refractivity contribution in [2.45, 2.75) is 159 Å². The van der Waals surface area contributed by atoms with Crippen LogP contribution in [0.25, 0.3) is 0 Å². The first kappa shape index (κ1) is 68.3. The molecule has 1 atom stereocenters. The maximum atomic E-state index is 14.6. The van der Waals surface area contributed by atoms with E-state index in [4.69, 9.17) is 10.5 Å². The summed E-state index contributed by atoms with van der Waals surface area (Å²) in [6.45, 7) is 2.35. The minimum absolute atomic E-state index is 0.00218. The van der Waals surface area contributed by atoms with Crippen LogP contribution in [-0.4, -0.2) is 119 Å². The Bertz CT molecular complexity index is 1860. The smallest absolute Gasteiger partial charge is 0.460 e. The number of alkyl halides is 34. The van der Waals surface area contributed by atoms with E-state index in [1.807, 2.05) is 0 Å². The van der Waals surface area contributed by atoms with Crippen LogP contribution < -0.4 is 10.5 Å². The van der Waals surface area contributed by atoms with E-state index in [0.717, 1.165) is 19.1 Å². The van der Waals surface area contributed by atoms with Gasteiger partial charge in [0, 0.05) is 35.5 Å².